The molecule has 7 heteroatoms. The number of hydrogen-bond acceptors (Lipinski definition) is 5. The summed E-state index contributed by atoms with van der Waals surface area (Å²) < 4.78 is 0. The van der Waals surface area contributed by atoms with Crippen molar-refractivity contribution in [1.29, 1.82) is 0 Å². The number of nitrogens with two attached hydrogens (primary N) is 1. The SMILES string of the molecule is CC(C)(C)c1cc(-c2c3nc(c(-c4cnc(N)nc4)c4ccc([nH]4)c(-c4cc(C(C)(C)C)cc(C(C)(C)C)c4)c4nc(cc5ccc2[nH]5)C=C4)C=C3)cc(C(C)(C)C)c1. The molecule has 0 aliphatic carbocycles. The molecule has 7 nitrogen and oxygen atoms in total. The van der Waals surface area contributed by atoms with E-state index in [1.165, 1.54) is 22.3 Å². The second-order valence-corrected chi connectivity index (χ2v) is 20.3. The molecule has 0 saturated carbocycles. The minimum Gasteiger partial charge on any atom is -0.368 e. The van der Waals surface area contributed by atoms with Crippen LogP contribution in [-0.4, -0.2) is 29.9 Å². The summed E-state index contributed by atoms with van der Waals surface area (Å²) in [5.74, 6) is 0.219. The molecule has 6 aromatic rings. The Morgan fingerprint density at radius 3 is 1.27 bits per heavy atom. The molecule has 6 heterocycles. The number of nitrogens with zero attached hydrogens (tertiary/aromatic N) is 4. The molecule has 0 fully saturated rings. The van der Waals surface area contributed by atoms with Gasteiger partial charge in [0.15, 0.2) is 0 Å². The topological polar surface area (TPSA) is 109 Å². The van der Waals surface area contributed by atoms with E-state index in [4.69, 9.17) is 15.7 Å². The molecule has 8 bridgehead atoms. The Balaban J connectivity index is 1.52. The predicted octanol–water partition coefficient (Wildman–Crippen LogP) is 13.2. The van der Waals surface area contributed by atoms with Crippen LogP contribution in [0, 0.1) is 0 Å². The Morgan fingerprint density at radius 2 is 0.814 bits per heavy atom. The number of fused-ring (bicyclic) bond motifs is 8. The van der Waals surface area contributed by atoms with Gasteiger partial charge in [-0.1, -0.05) is 119 Å². The Kier molecular flexibility index (Phi) is 9.46. The molecule has 0 amide bonds. The second-order valence-electron chi connectivity index (χ2n) is 20.3. The van der Waals surface area contributed by atoms with E-state index in [2.05, 4.69) is 194 Å². The third-order valence-electron chi connectivity index (χ3n) is 11.4. The zero-order chi connectivity index (χ0) is 42.2. The van der Waals surface area contributed by atoms with Crippen molar-refractivity contribution in [3.63, 3.8) is 0 Å². The lowest BCUT2D eigenvalue weighted by molar-refractivity contribution is 0.568. The van der Waals surface area contributed by atoms with E-state index >= 15 is 0 Å². The van der Waals surface area contributed by atoms with Crippen molar-refractivity contribution in [3.05, 3.63) is 124 Å². The van der Waals surface area contributed by atoms with Crippen molar-refractivity contribution >= 4 is 52.3 Å². The highest BCUT2D eigenvalue weighted by Crippen LogP contribution is 2.41. The van der Waals surface area contributed by atoms with Crippen LogP contribution in [0.5, 0.6) is 0 Å². The summed E-state index contributed by atoms with van der Waals surface area (Å²) in [4.78, 5) is 27.3. The maximum Gasteiger partial charge on any atom is 0.219 e. The molecule has 4 N–H and O–H groups in total. The fraction of sp³-hybridized carbons (Fsp3) is 0.308. The Hall–Kier alpha value is -6.08. The van der Waals surface area contributed by atoms with E-state index in [1.807, 2.05) is 0 Å². The number of rotatable bonds is 3. The normalized spacial score (nSPS) is 13.4. The van der Waals surface area contributed by atoms with Gasteiger partial charge >= 0.3 is 0 Å². The number of nitrogen functional groups attached to an aromatic ring is 1. The summed E-state index contributed by atoms with van der Waals surface area (Å²) in [7, 11) is 0. The van der Waals surface area contributed by atoms with Crippen LogP contribution in [0.4, 0.5) is 5.95 Å². The lowest BCUT2D eigenvalue weighted by Gasteiger charge is -2.26. The number of hydrogen-bond donors (Lipinski definition) is 3. The van der Waals surface area contributed by atoms with Crippen molar-refractivity contribution in [2.24, 2.45) is 0 Å². The van der Waals surface area contributed by atoms with Gasteiger partial charge in [-0.25, -0.2) is 19.9 Å². The molecule has 4 aromatic heterocycles. The first-order chi connectivity index (χ1) is 27.6. The van der Waals surface area contributed by atoms with Crippen LogP contribution in [0.1, 0.15) is 128 Å². The van der Waals surface area contributed by atoms with E-state index in [9.17, 15) is 0 Å². The van der Waals surface area contributed by atoms with Gasteiger partial charge in [0.25, 0.3) is 0 Å². The van der Waals surface area contributed by atoms with Gasteiger partial charge in [0.1, 0.15) is 0 Å². The van der Waals surface area contributed by atoms with Gasteiger partial charge in [-0.05, 0) is 110 Å². The highest BCUT2D eigenvalue weighted by molar-refractivity contribution is 5.97. The van der Waals surface area contributed by atoms with Gasteiger partial charge in [0.05, 0.1) is 22.8 Å². The number of H-pyrrole nitrogens is 2. The van der Waals surface area contributed by atoms with Gasteiger partial charge in [0.2, 0.25) is 5.95 Å². The maximum atomic E-state index is 6.04. The van der Waals surface area contributed by atoms with Crippen LogP contribution in [0.3, 0.4) is 0 Å². The van der Waals surface area contributed by atoms with Crippen molar-refractivity contribution in [1.82, 2.24) is 29.9 Å². The standard InChI is InChI=1S/C52H57N7/c1-49(2,3)33-21-30(22-34(25-33)50(4,5)6)45-39-15-13-37(56-39)27-38-14-16-40(57-38)46(31-23-35(51(7,8)9)26-36(24-31)52(10,11)12)42-18-20-44(59-42)47(43-19-17-41(45)58-43)32-28-54-48(53)55-29-32/h13-29,56,59H,1-12H3,(H2,53,54,55). The molecule has 0 unspecified atom stereocenters. The monoisotopic (exact) mass is 779 g/mol. The van der Waals surface area contributed by atoms with Crippen LogP contribution in [-0.2, 0) is 21.7 Å². The summed E-state index contributed by atoms with van der Waals surface area (Å²) in [6, 6.07) is 24.8. The van der Waals surface area contributed by atoms with Crippen molar-refractivity contribution < 1.29 is 0 Å². The molecule has 8 rings (SSSR count). The van der Waals surface area contributed by atoms with Crippen molar-refractivity contribution in [2.45, 2.75) is 105 Å². The molecule has 2 aromatic carbocycles. The third kappa shape index (κ3) is 7.91. The zero-order valence-corrected chi connectivity index (χ0v) is 36.7. The average molecular weight is 780 g/mol. The minimum atomic E-state index is -0.0605. The molecule has 59 heavy (non-hydrogen) atoms. The van der Waals surface area contributed by atoms with Gasteiger partial charge in [0, 0.05) is 56.7 Å². The first-order valence-electron chi connectivity index (χ1n) is 20.7. The maximum absolute atomic E-state index is 6.04. The van der Waals surface area contributed by atoms with Gasteiger partial charge in [-0.3, -0.25) is 0 Å². The summed E-state index contributed by atoms with van der Waals surface area (Å²) in [6.45, 7) is 27.3. The molecular formula is C52H57N7. The number of aromatic amines is 2. The van der Waals surface area contributed by atoms with Crippen LogP contribution in [0.15, 0.2) is 79.1 Å². The van der Waals surface area contributed by atoms with Crippen LogP contribution in [0.25, 0.3) is 79.8 Å². The van der Waals surface area contributed by atoms with E-state index in [1.54, 1.807) is 12.4 Å². The number of aromatic nitrogens is 6. The average Bonchev–Trinajstić information content (AvgIpc) is 3.98. The van der Waals surface area contributed by atoms with Gasteiger partial charge in [-0.15, -0.1) is 0 Å². The highest BCUT2D eigenvalue weighted by atomic mass is 15.0. The third-order valence-corrected chi connectivity index (χ3v) is 11.4. The van der Waals surface area contributed by atoms with Crippen LogP contribution >= 0.6 is 0 Å². The lowest BCUT2D eigenvalue weighted by atomic mass is 9.78. The summed E-state index contributed by atoms with van der Waals surface area (Å²) in [5.41, 5.74) is 24.1. The highest BCUT2D eigenvalue weighted by Gasteiger charge is 2.25. The van der Waals surface area contributed by atoms with E-state index in [-0.39, 0.29) is 27.6 Å². The van der Waals surface area contributed by atoms with Crippen molar-refractivity contribution in [3.8, 4) is 33.4 Å². The quantitative estimate of drug-likeness (QED) is 0.165. The molecule has 2 aliphatic heterocycles. The van der Waals surface area contributed by atoms with E-state index in [0.29, 0.717) is 0 Å². The largest absolute Gasteiger partial charge is 0.368 e. The number of benzene rings is 2. The zero-order valence-electron chi connectivity index (χ0n) is 36.7. The summed E-state index contributed by atoms with van der Waals surface area (Å²) >= 11 is 0. The summed E-state index contributed by atoms with van der Waals surface area (Å²) in [5, 5.41) is 0. The fourth-order valence-corrected chi connectivity index (χ4v) is 7.79. The van der Waals surface area contributed by atoms with Gasteiger partial charge < -0.3 is 15.7 Å². The van der Waals surface area contributed by atoms with E-state index < -0.39 is 0 Å². The predicted molar refractivity (Wildman–Crippen MR) is 250 cm³/mol. The smallest absolute Gasteiger partial charge is 0.219 e. The Morgan fingerprint density at radius 1 is 0.424 bits per heavy atom. The van der Waals surface area contributed by atoms with E-state index in [0.717, 1.165) is 78.2 Å². The van der Waals surface area contributed by atoms with Crippen LogP contribution in [0.2, 0.25) is 0 Å². The molecule has 0 atom stereocenters. The molecular weight excluding hydrogens is 723 g/mol. The Labute approximate surface area is 349 Å². The summed E-state index contributed by atoms with van der Waals surface area (Å²) in [6.07, 6.45) is 12.0. The number of anilines is 1. The fourth-order valence-electron chi connectivity index (χ4n) is 7.79. The molecule has 0 saturated heterocycles. The first-order valence-corrected chi connectivity index (χ1v) is 20.7. The van der Waals surface area contributed by atoms with Gasteiger partial charge in [-0.2, -0.15) is 0 Å². The second kappa shape index (κ2) is 14.0. The Bertz CT molecular complexity index is 2720. The van der Waals surface area contributed by atoms with Crippen molar-refractivity contribution in [2.75, 3.05) is 5.73 Å². The number of nitrogens with one attached hydrogen (secondary N) is 2. The van der Waals surface area contributed by atoms with Crippen LogP contribution < -0.4 is 5.73 Å². The minimum absolute atomic E-state index is 0.0605. The molecule has 300 valence electrons. The molecule has 0 radical (unpaired) electrons. The molecule has 2 aliphatic rings. The first kappa shape index (κ1) is 39.7. The lowest BCUT2D eigenvalue weighted by Crippen LogP contribution is -2.16. The molecule has 0 spiro atoms.